The van der Waals surface area contributed by atoms with Gasteiger partial charge in [-0.2, -0.15) is 0 Å². The van der Waals surface area contributed by atoms with Crippen molar-refractivity contribution < 1.29 is 19.4 Å². The molecule has 5 heteroatoms. The van der Waals surface area contributed by atoms with Crippen LogP contribution in [0.1, 0.15) is 52.8 Å². The van der Waals surface area contributed by atoms with E-state index in [1.165, 1.54) is 46.1 Å². The van der Waals surface area contributed by atoms with Crippen molar-refractivity contribution in [2.45, 2.75) is 51.2 Å². The Bertz CT molecular complexity index is 1480. The summed E-state index contributed by atoms with van der Waals surface area (Å²) in [4.78, 5) is 13.7. The largest absolute Gasteiger partial charge is 0.492 e. The number of aryl methyl sites for hydroxylation is 3. The average Bonchev–Trinajstić information content (AvgIpc) is 3.17. The van der Waals surface area contributed by atoms with Crippen LogP contribution in [-0.4, -0.2) is 49.4 Å². The zero-order valence-corrected chi connectivity index (χ0v) is 24.9. The summed E-state index contributed by atoms with van der Waals surface area (Å²) in [6.45, 7) is 3.53. The molecule has 0 spiro atoms. The topological polar surface area (TPSA) is 59.0 Å². The maximum absolute atomic E-state index is 11.3. The lowest BCUT2D eigenvalue weighted by Crippen LogP contribution is -2.30. The summed E-state index contributed by atoms with van der Waals surface area (Å²) in [5.41, 5.74) is 10.4. The molecule has 4 aromatic rings. The number of aliphatic carboxylic acids is 1. The fourth-order valence-electron chi connectivity index (χ4n) is 6.03. The lowest BCUT2D eigenvalue weighted by Gasteiger charge is -2.31. The Hall–Kier alpha value is -3.93. The molecule has 0 fully saturated rings. The molecule has 2 atom stereocenters. The van der Waals surface area contributed by atoms with E-state index < -0.39 is 12.1 Å². The number of rotatable bonds is 12. The number of ether oxygens (including phenoxy) is 2. The molecule has 0 amide bonds. The number of hydrogen-bond donors (Lipinski definition) is 1. The first-order chi connectivity index (χ1) is 20.5. The summed E-state index contributed by atoms with van der Waals surface area (Å²) in [6, 6.07) is 32.5. The Morgan fingerprint density at radius 1 is 0.881 bits per heavy atom. The van der Waals surface area contributed by atoms with Crippen molar-refractivity contribution in [3.05, 3.63) is 124 Å². The van der Waals surface area contributed by atoms with Crippen LogP contribution in [0.25, 0.3) is 11.1 Å². The normalized spacial score (nSPS) is 15.0. The fourth-order valence-corrected chi connectivity index (χ4v) is 6.03. The van der Waals surface area contributed by atoms with Crippen LogP contribution < -0.4 is 4.74 Å². The number of likely N-dealkylation sites (N-methyl/N-ethyl adjacent to an activating group) is 1. The van der Waals surface area contributed by atoms with Gasteiger partial charge in [0.05, 0.1) is 6.04 Å². The van der Waals surface area contributed by atoms with E-state index in [9.17, 15) is 9.90 Å². The minimum Gasteiger partial charge on any atom is -0.492 e. The van der Waals surface area contributed by atoms with Gasteiger partial charge < -0.3 is 14.6 Å². The molecule has 4 aromatic carbocycles. The van der Waals surface area contributed by atoms with Crippen LogP contribution in [0.4, 0.5) is 0 Å². The van der Waals surface area contributed by atoms with Crippen molar-refractivity contribution in [1.82, 2.24) is 4.90 Å². The zero-order valence-electron chi connectivity index (χ0n) is 24.9. The van der Waals surface area contributed by atoms with Crippen LogP contribution >= 0.6 is 0 Å². The predicted molar refractivity (Wildman–Crippen MR) is 168 cm³/mol. The third kappa shape index (κ3) is 6.92. The van der Waals surface area contributed by atoms with Crippen molar-refractivity contribution in [1.29, 1.82) is 0 Å². The smallest absolute Gasteiger partial charge is 0.333 e. The van der Waals surface area contributed by atoms with E-state index >= 15 is 0 Å². The van der Waals surface area contributed by atoms with Gasteiger partial charge in [-0.25, -0.2) is 4.79 Å². The average molecular weight is 564 g/mol. The van der Waals surface area contributed by atoms with Gasteiger partial charge in [0.25, 0.3) is 0 Å². The fraction of sp³-hybridized carbons (Fsp3) is 0.324. The van der Waals surface area contributed by atoms with Crippen LogP contribution in [0.5, 0.6) is 5.75 Å². The molecule has 2 unspecified atom stereocenters. The van der Waals surface area contributed by atoms with Crippen molar-refractivity contribution in [3.63, 3.8) is 0 Å². The lowest BCUT2D eigenvalue weighted by atomic mass is 9.90. The number of methoxy groups -OCH3 is 1. The Labute approximate surface area is 249 Å². The molecular formula is C37H41NO4. The molecule has 0 heterocycles. The molecule has 1 aliphatic rings. The van der Waals surface area contributed by atoms with Crippen molar-refractivity contribution in [3.8, 4) is 16.9 Å². The molecule has 1 aliphatic carbocycles. The van der Waals surface area contributed by atoms with E-state index in [-0.39, 0.29) is 6.04 Å². The van der Waals surface area contributed by atoms with Gasteiger partial charge >= 0.3 is 5.97 Å². The molecule has 42 heavy (non-hydrogen) atoms. The first-order valence-electron chi connectivity index (χ1n) is 14.9. The molecule has 218 valence electrons. The van der Waals surface area contributed by atoms with Crippen LogP contribution in [0.2, 0.25) is 0 Å². The van der Waals surface area contributed by atoms with E-state index in [0.717, 1.165) is 43.5 Å². The quantitative estimate of drug-likeness (QED) is 0.198. The van der Waals surface area contributed by atoms with Gasteiger partial charge in [0.15, 0.2) is 6.10 Å². The van der Waals surface area contributed by atoms with E-state index in [0.29, 0.717) is 13.0 Å². The number of benzene rings is 4. The predicted octanol–water partition coefficient (Wildman–Crippen LogP) is 7.15. The summed E-state index contributed by atoms with van der Waals surface area (Å²) in [7, 11) is 3.62. The maximum Gasteiger partial charge on any atom is 0.333 e. The highest BCUT2D eigenvalue weighted by Gasteiger charge is 2.28. The Morgan fingerprint density at radius 3 is 2.33 bits per heavy atom. The maximum atomic E-state index is 11.3. The summed E-state index contributed by atoms with van der Waals surface area (Å²) >= 11 is 0. The van der Waals surface area contributed by atoms with Crippen LogP contribution in [0, 0.1) is 0 Å². The molecule has 0 aromatic heterocycles. The highest BCUT2D eigenvalue weighted by atomic mass is 16.5. The number of carbonyl (C=O) groups is 1. The van der Waals surface area contributed by atoms with E-state index in [1.807, 2.05) is 24.3 Å². The highest BCUT2D eigenvalue weighted by Crippen LogP contribution is 2.38. The van der Waals surface area contributed by atoms with E-state index in [2.05, 4.69) is 85.6 Å². The second kappa shape index (κ2) is 13.8. The van der Waals surface area contributed by atoms with Crippen LogP contribution in [-0.2, 0) is 35.2 Å². The number of carboxylic acids is 1. The van der Waals surface area contributed by atoms with Gasteiger partial charge in [0.2, 0.25) is 0 Å². The van der Waals surface area contributed by atoms with Gasteiger partial charge in [-0.15, -0.1) is 0 Å². The molecule has 0 radical (unpaired) electrons. The van der Waals surface area contributed by atoms with Crippen LogP contribution in [0.15, 0.2) is 91.0 Å². The number of carboxylic acid groups (broad SMARTS) is 1. The van der Waals surface area contributed by atoms with Crippen molar-refractivity contribution in [2.75, 3.05) is 27.3 Å². The van der Waals surface area contributed by atoms with Crippen LogP contribution in [0.3, 0.4) is 0 Å². The number of hydrogen-bond acceptors (Lipinski definition) is 4. The Morgan fingerprint density at radius 2 is 1.62 bits per heavy atom. The van der Waals surface area contributed by atoms with Gasteiger partial charge in [0.1, 0.15) is 12.4 Å². The molecule has 5 nitrogen and oxygen atoms in total. The van der Waals surface area contributed by atoms with Crippen molar-refractivity contribution >= 4 is 5.97 Å². The summed E-state index contributed by atoms with van der Waals surface area (Å²) in [5.74, 6) is -0.186. The number of nitrogens with zero attached hydrogens (tertiary/aromatic N) is 1. The Balaban J connectivity index is 1.37. The summed E-state index contributed by atoms with van der Waals surface area (Å²) in [5, 5.41) is 9.26. The minimum absolute atomic E-state index is 0.129. The summed E-state index contributed by atoms with van der Waals surface area (Å²) in [6.07, 6.45) is 3.80. The summed E-state index contributed by atoms with van der Waals surface area (Å²) < 4.78 is 11.2. The molecule has 0 saturated carbocycles. The SMILES string of the molecule is CCCc1ccc2c(c1)CCc1ccc(-c3ccccc3)cc1C2N(C)CCOc1ccc(CC(OC)C(=O)O)cc1. The Kier molecular flexibility index (Phi) is 9.73. The van der Waals surface area contributed by atoms with Gasteiger partial charge in [-0.05, 0) is 89.0 Å². The molecule has 0 bridgehead atoms. The standard InChI is InChI=1S/C37H41NO4/c1-4-8-26-13-20-33-31(23-26)17-15-29-14-16-30(28-9-6-5-7-10-28)25-34(29)36(33)38(2)21-22-42-32-18-11-27(12-19-32)24-35(41-3)37(39)40/h5-7,9-14,16,18-20,23,25,35-36H,4,8,15,17,21-22,24H2,1-3H3,(H,39,40). The second-order valence-electron chi connectivity index (χ2n) is 11.2. The second-order valence-corrected chi connectivity index (χ2v) is 11.2. The first-order valence-corrected chi connectivity index (χ1v) is 14.9. The third-order valence-corrected chi connectivity index (χ3v) is 8.31. The van der Waals surface area contributed by atoms with Crippen molar-refractivity contribution in [2.24, 2.45) is 0 Å². The third-order valence-electron chi connectivity index (χ3n) is 8.31. The van der Waals surface area contributed by atoms with E-state index in [1.54, 1.807) is 0 Å². The molecule has 0 saturated heterocycles. The first kappa shape index (κ1) is 29.6. The lowest BCUT2D eigenvalue weighted by molar-refractivity contribution is -0.148. The monoisotopic (exact) mass is 563 g/mol. The molecular weight excluding hydrogens is 522 g/mol. The van der Waals surface area contributed by atoms with E-state index in [4.69, 9.17) is 9.47 Å². The molecule has 0 aliphatic heterocycles. The van der Waals surface area contributed by atoms with Gasteiger partial charge in [-0.1, -0.05) is 86.1 Å². The zero-order chi connectivity index (χ0) is 29.5. The highest BCUT2D eigenvalue weighted by molar-refractivity contribution is 5.72. The molecule has 5 rings (SSSR count). The minimum atomic E-state index is -0.958. The molecule has 1 N–H and O–H groups in total. The van der Waals surface area contributed by atoms with Gasteiger partial charge in [0, 0.05) is 20.1 Å². The number of fused-ring (bicyclic) bond motifs is 2. The van der Waals surface area contributed by atoms with Gasteiger partial charge in [-0.3, -0.25) is 4.90 Å².